The number of ether oxygens (including phenoxy) is 3. The molecule has 144 valence electrons. The van der Waals surface area contributed by atoms with E-state index in [4.69, 9.17) is 9.47 Å². The van der Waals surface area contributed by atoms with Crippen LogP contribution in [-0.4, -0.2) is 74.2 Å². The van der Waals surface area contributed by atoms with E-state index in [-0.39, 0.29) is 11.7 Å². The van der Waals surface area contributed by atoms with Gasteiger partial charge in [-0.05, 0) is 17.7 Å². The summed E-state index contributed by atoms with van der Waals surface area (Å²) in [7, 11) is 0. The molecule has 2 heterocycles. The van der Waals surface area contributed by atoms with Crippen LogP contribution in [0.5, 0.6) is 5.75 Å². The number of alkyl halides is 3. The first-order valence-electron chi connectivity index (χ1n) is 8.46. The van der Waals surface area contributed by atoms with Gasteiger partial charge < -0.3 is 19.1 Å². The van der Waals surface area contributed by atoms with Crippen molar-refractivity contribution in [3.63, 3.8) is 0 Å². The van der Waals surface area contributed by atoms with Crippen LogP contribution < -0.4 is 4.74 Å². The Morgan fingerprint density at radius 1 is 1.12 bits per heavy atom. The van der Waals surface area contributed by atoms with Gasteiger partial charge in [0, 0.05) is 32.7 Å². The molecule has 0 aliphatic carbocycles. The lowest BCUT2D eigenvalue weighted by atomic mass is 10.1. The number of benzene rings is 1. The second kappa shape index (κ2) is 8.24. The van der Waals surface area contributed by atoms with Crippen molar-refractivity contribution in [2.45, 2.75) is 19.0 Å². The van der Waals surface area contributed by atoms with Crippen LogP contribution in [0.2, 0.25) is 0 Å². The number of rotatable bonds is 4. The van der Waals surface area contributed by atoms with Gasteiger partial charge in [0.25, 0.3) is 5.91 Å². The molecule has 9 heteroatoms. The number of amides is 1. The molecule has 2 fully saturated rings. The van der Waals surface area contributed by atoms with E-state index in [0.717, 1.165) is 5.56 Å². The number of carbonyl (C=O) groups excluding carboxylic acids is 1. The van der Waals surface area contributed by atoms with Crippen molar-refractivity contribution in [2.24, 2.45) is 0 Å². The van der Waals surface area contributed by atoms with E-state index in [9.17, 15) is 18.0 Å². The van der Waals surface area contributed by atoms with E-state index in [1.165, 1.54) is 12.1 Å². The second-order valence-corrected chi connectivity index (χ2v) is 6.22. The molecule has 6 nitrogen and oxygen atoms in total. The highest BCUT2D eigenvalue weighted by atomic mass is 19.4. The average Bonchev–Trinajstić information content (AvgIpc) is 2.62. The number of nitrogens with zero attached hydrogens (tertiary/aromatic N) is 2. The Kier molecular flexibility index (Phi) is 6.00. The summed E-state index contributed by atoms with van der Waals surface area (Å²) in [6.45, 7) is 4.30. The Labute approximate surface area is 149 Å². The van der Waals surface area contributed by atoms with Crippen LogP contribution in [0.25, 0.3) is 0 Å². The van der Waals surface area contributed by atoms with Crippen molar-refractivity contribution >= 4 is 5.91 Å². The van der Waals surface area contributed by atoms with Gasteiger partial charge in [-0.2, -0.15) is 0 Å². The van der Waals surface area contributed by atoms with Crippen molar-refractivity contribution in [3.05, 3.63) is 29.8 Å². The minimum absolute atomic E-state index is 0.0353. The highest BCUT2D eigenvalue weighted by Gasteiger charge is 2.32. The molecule has 0 N–H and O–H groups in total. The summed E-state index contributed by atoms with van der Waals surface area (Å²) in [5.41, 5.74) is 0.846. The zero-order valence-corrected chi connectivity index (χ0v) is 14.2. The molecule has 1 unspecified atom stereocenters. The first-order valence-corrected chi connectivity index (χ1v) is 8.46. The molecule has 3 rings (SSSR count). The van der Waals surface area contributed by atoms with Gasteiger partial charge in [0.15, 0.2) is 0 Å². The standard InChI is InChI=1S/C17H21F3N2O4/c18-17(19,20)26-14-3-1-13(2-4-14)11-21-5-10-25-15(12-21)16(23)22-6-8-24-9-7-22/h1-4,15H,5-12H2. The molecule has 0 bridgehead atoms. The Morgan fingerprint density at radius 2 is 1.81 bits per heavy atom. The number of hydrogen-bond donors (Lipinski definition) is 0. The number of halogens is 3. The largest absolute Gasteiger partial charge is 0.573 e. The zero-order chi connectivity index (χ0) is 18.6. The fourth-order valence-electron chi connectivity index (χ4n) is 3.04. The highest BCUT2D eigenvalue weighted by Crippen LogP contribution is 2.23. The molecule has 0 aromatic heterocycles. The van der Waals surface area contributed by atoms with Gasteiger partial charge in [-0.1, -0.05) is 12.1 Å². The minimum Gasteiger partial charge on any atom is -0.406 e. The molecule has 2 aliphatic rings. The number of morpholine rings is 2. The summed E-state index contributed by atoms with van der Waals surface area (Å²) < 4.78 is 51.3. The molecule has 0 spiro atoms. The van der Waals surface area contributed by atoms with Crippen LogP contribution in [0.1, 0.15) is 5.56 Å². The van der Waals surface area contributed by atoms with Crippen molar-refractivity contribution in [1.82, 2.24) is 9.80 Å². The lowest BCUT2D eigenvalue weighted by Crippen LogP contribution is -2.53. The maximum Gasteiger partial charge on any atom is 0.573 e. The van der Waals surface area contributed by atoms with Gasteiger partial charge in [-0.15, -0.1) is 13.2 Å². The molecule has 0 radical (unpaired) electrons. The van der Waals surface area contributed by atoms with Gasteiger partial charge >= 0.3 is 6.36 Å². The number of carbonyl (C=O) groups is 1. The average molecular weight is 374 g/mol. The minimum atomic E-state index is -4.70. The SMILES string of the molecule is O=C(C1CN(Cc2ccc(OC(F)(F)F)cc2)CCO1)N1CCOCC1. The Bertz CT molecular complexity index is 603. The topological polar surface area (TPSA) is 51.2 Å². The lowest BCUT2D eigenvalue weighted by Gasteiger charge is -2.36. The van der Waals surface area contributed by atoms with Gasteiger partial charge in [-0.3, -0.25) is 9.69 Å². The van der Waals surface area contributed by atoms with E-state index in [1.807, 2.05) is 0 Å². The molecule has 1 atom stereocenters. The molecule has 1 aromatic rings. The monoisotopic (exact) mass is 374 g/mol. The number of hydrogen-bond acceptors (Lipinski definition) is 5. The van der Waals surface area contributed by atoms with E-state index in [1.54, 1.807) is 17.0 Å². The van der Waals surface area contributed by atoms with E-state index >= 15 is 0 Å². The van der Waals surface area contributed by atoms with Crippen molar-refractivity contribution in [2.75, 3.05) is 46.0 Å². The van der Waals surface area contributed by atoms with E-state index < -0.39 is 12.5 Å². The Hall–Kier alpha value is -1.84. The molecule has 1 amide bonds. The molecule has 2 saturated heterocycles. The van der Waals surface area contributed by atoms with Crippen LogP contribution >= 0.6 is 0 Å². The third kappa shape index (κ3) is 5.33. The van der Waals surface area contributed by atoms with Gasteiger partial charge in [0.05, 0.1) is 19.8 Å². The predicted molar refractivity (Wildman–Crippen MR) is 85.5 cm³/mol. The van der Waals surface area contributed by atoms with Gasteiger partial charge in [0.2, 0.25) is 0 Å². The lowest BCUT2D eigenvalue weighted by molar-refractivity contribution is -0.274. The Morgan fingerprint density at radius 3 is 2.46 bits per heavy atom. The predicted octanol–water partition coefficient (Wildman–Crippen LogP) is 1.64. The first-order chi connectivity index (χ1) is 12.4. The summed E-state index contributed by atoms with van der Waals surface area (Å²) in [6.07, 6.45) is -5.21. The molecular weight excluding hydrogens is 353 g/mol. The summed E-state index contributed by atoms with van der Waals surface area (Å²) in [4.78, 5) is 16.3. The molecular formula is C17H21F3N2O4. The third-order valence-electron chi connectivity index (χ3n) is 4.31. The summed E-state index contributed by atoms with van der Waals surface area (Å²) in [6, 6.07) is 5.77. The van der Waals surface area contributed by atoms with Crippen LogP contribution in [0, 0.1) is 0 Å². The maximum absolute atomic E-state index is 12.5. The summed E-state index contributed by atoms with van der Waals surface area (Å²) >= 11 is 0. The normalized spacial score (nSPS) is 22.3. The van der Waals surface area contributed by atoms with Crippen LogP contribution in [0.4, 0.5) is 13.2 Å². The third-order valence-corrected chi connectivity index (χ3v) is 4.31. The molecule has 2 aliphatic heterocycles. The Balaban J connectivity index is 1.54. The quantitative estimate of drug-likeness (QED) is 0.802. The fraction of sp³-hybridized carbons (Fsp3) is 0.588. The maximum atomic E-state index is 12.5. The zero-order valence-electron chi connectivity index (χ0n) is 14.2. The fourth-order valence-corrected chi connectivity index (χ4v) is 3.04. The smallest absolute Gasteiger partial charge is 0.406 e. The van der Waals surface area contributed by atoms with Crippen molar-refractivity contribution < 1.29 is 32.2 Å². The van der Waals surface area contributed by atoms with E-state index in [0.29, 0.717) is 52.5 Å². The molecule has 0 saturated carbocycles. The van der Waals surface area contributed by atoms with Crippen molar-refractivity contribution in [3.8, 4) is 5.75 Å². The summed E-state index contributed by atoms with van der Waals surface area (Å²) in [5.74, 6) is -0.282. The molecule has 26 heavy (non-hydrogen) atoms. The highest BCUT2D eigenvalue weighted by molar-refractivity contribution is 5.81. The van der Waals surface area contributed by atoms with E-state index in [2.05, 4.69) is 9.64 Å². The van der Waals surface area contributed by atoms with Gasteiger partial charge in [-0.25, -0.2) is 0 Å². The molecule has 1 aromatic carbocycles. The van der Waals surface area contributed by atoms with Gasteiger partial charge in [0.1, 0.15) is 11.9 Å². The van der Waals surface area contributed by atoms with Crippen LogP contribution in [0.15, 0.2) is 24.3 Å². The second-order valence-electron chi connectivity index (χ2n) is 6.22. The van der Waals surface area contributed by atoms with Crippen LogP contribution in [-0.2, 0) is 20.8 Å². The van der Waals surface area contributed by atoms with Crippen molar-refractivity contribution in [1.29, 1.82) is 0 Å². The first kappa shape index (κ1) is 18.9. The van der Waals surface area contributed by atoms with Crippen LogP contribution in [0.3, 0.4) is 0 Å². The summed E-state index contributed by atoms with van der Waals surface area (Å²) in [5, 5.41) is 0.